The van der Waals surface area contributed by atoms with Gasteiger partial charge in [0, 0.05) is 0 Å². The monoisotopic (exact) mass is 312 g/mol. The van der Waals surface area contributed by atoms with Crippen LogP contribution in [0.4, 0.5) is 20.2 Å². The zero-order valence-electron chi connectivity index (χ0n) is 11.4. The van der Waals surface area contributed by atoms with Crippen LogP contribution in [-0.4, -0.2) is 8.42 Å². The topological polar surface area (TPSA) is 72.2 Å². The summed E-state index contributed by atoms with van der Waals surface area (Å²) >= 11 is 0. The van der Waals surface area contributed by atoms with Crippen molar-refractivity contribution in [2.45, 2.75) is 18.7 Å². The molecule has 0 amide bonds. The van der Waals surface area contributed by atoms with Crippen LogP contribution >= 0.6 is 0 Å². The summed E-state index contributed by atoms with van der Waals surface area (Å²) in [5.41, 5.74) is 5.94. The SMILES string of the molecule is Cc1cc(F)cc(C)c1S(=O)(=O)Nc1ccc(F)c(N)c1. The van der Waals surface area contributed by atoms with Gasteiger partial charge in [-0.1, -0.05) is 0 Å². The molecule has 0 aliphatic rings. The van der Waals surface area contributed by atoms with Gasteiger partial charge in [0.1, 0.15) is 11.6 Å². The molecule has 2 aromatic rings. The molecular formula is C14H14F2N2O2S. The van der Waals surface area contributed by atoms with Gasteiger partial charge in [0.25, 0.3) is 10.0 Å². The number of nitrogen functional groups attached to an aromatic ring is 1. The predicted octanol–water partition coefficient (Wildman–Crippen LogP) is 2.96. The molecule has 21 heavy (non-hydrogen) atoms. The number of nitrogens with two attached hydrogens (primary N) is 1. The molecule has 0 aliphatic heterocycles. The average molecular weight is 312 g/mol. The Kier molecular flexibility index (Phi) is 3.87. The van der Waals surface area contributed by atoms with E-state index in [1.165, 1.54) is 26.0 Å². The van der Waals surface area contributed by atoms with Gasteiger partial charge in [-0.15, -0.1) is 0 Å². The van der Waals surface area contributed by atoms with Crippen LogP contribution in [0.15, 0.2) is 35.2 Å². The molecule has 0 atom stereocenters. The third-order valence-electron chi connectivity index (χ3n) is 2.94. The lowest BCUT2D eigenvalue weighted by Crippen LogP contribution is -2.16. The summed E-state index contributed by atoms with van der Waals surface area (Å²) in [6, 6.07) is 5.79. The fourth-order valence-electron chi connectivity index (χ4n) is 2.13. The Hall–Kier alpha value is -2.15. The van der Waals surface area contributed by atoms with Crippen molar-refractivity contribution in [3.63, 3.8) is 0 Å². The van der Waals surface area contributed by atoms with Gasteiger partial charge in [-0.25, -0.2) is 17.2 Å². The molecule has 2 rings (SSSR count). The van der Waals surface area contributed by atoms with Gasteiger partial charge in [-0.05, 0) is 55.3 Å². The van der Waals surface area contributed by atoms with E-state index in [0.29, 0.717) is 0 Å². The molecule has 0 radical (unpaired) electrons. The largest absolute Gasteiger partial charge is 0.396 e. The second-order valence-corrected chi connectivity index (χ2v) is 6.33. The summed E-state index contributed by atoms with van der Waals surface area (Å²) in [5.74, 6) is -1.14. The maximum Gasteiger partial charge on any atom is 0.262 e. The zero-order chi connectivity index (χ0) is 15.8. The third-order valence-corrected chi connectivity index (χ3v) is 4.63. The van der Waals surface area contributed by atoms with E-state index < -0.39 is 21.7 Å². The Morgan fingerprint density at radius 1 is 1.05 bits per heavy atom. The van der Waals surface area contributed by atoms with Crippen LogP contribution in [0, 0.1) is 25.5 Å². The fraction of sp³-hybridized carbons (Fsp3) is 0.143. The maximum absolute atomic E-state index is 13.2. The first-order valence-electron chi connectivity index (χ1n) is 6.05. The Morgan fingerprint density at radius 3 is 2.14 bits per heavy atom. The second kappa shape index (κ2) is 5.33. The number of aryl methyl sites for hydroxylation is 2. The first-order chi connectivity index (χ1) is 9.70. The fourth-order valence-corrected chi connectivity index (χ4v) is 3.64. The molecule has 7 heteroatoms. The highest BCUT2D eigenvalue weighted by molar-refractivity contribution is 7.92. The molecule has 0 saturated heterocycles. The molecule has 0 saturated carbocycles. The Bertz CT molecular complexity index is 782. The summed E-state index contributed by atoms with van der Waals surface area (Å²) in [6.07, 6.45) is 0. The molecule has 0 unspecified atom stereocenters. The lowest BCUT2D eigenvalue weighted by molar-refractivity contribution is 0.597. The highest BCUT2D eigenvalue weighted by Crippen LogP contribution is 2.25. The number of benzene rings is 2. The molecule has 4 nitrogen and oxygen atoms in total. The normalized spacial score (nSPS) is 11.4. The number of rotatable bonds is 3. The number of hydrogen-bond acceptors (Lipinski definition) is 3. The standard InChI is InChI=1S/C14H14F2N2O2S/c1-8-5-10(15)6-9(2)14(8)21(19,20)18-11-3-4-12(16)13(17)7-11/h3-7,18H,17H2,1-2H3. The quantitative estimate of drug-likeness (QED) is 0.856. The number of sulfonamides is 1. The van der Waals surface area contributed by atoms with Crippen LogP contribution in [0.25, 0.3) is 0 Å². The molecule has 0 aliphatic carbocycles. The van der Waals surface area contributed by atoms with Gasteiger partial charge in [0.2, 0.25) is 0 Å². The predicted molar refractivity (Wildman–Crippen MR) is 77.5 cm³/mol. The van der Waals surface area contributed by atoms with E-state index in [1.807, 2.05) is 0 Å². The van der Waals surface area contributed by atoms with Crippen LogP contribution in [0.5, 0.6) is 0 Å². The molecule has 0 spiro atoms. The Balaban J connectivity index is 2.46. The summed E-state index contributed by atoms with van der Waals surface area (Å²) in [4.78, 5) is -0.00760. The van der Waals surface area contributed by atoms with Crippen molar-refractivity contribution in [1.29, 1.82) is 0 Å². The smallest absolute Gasteiger partial charge is 0.262 e. The average Bonchev–Trinajstić information content (AvgIpc) is 2.31. The minimum absolute atomic E-state index is 0.00760. The van der Waals surface area contributed by atoms with Crippen LogP contribution in [0.1, 0.15) is 11.1 Å². The van der Waals surface area contributed by atoms with Gasteiger partial charge in [-0.3, -0.25) is 4.72 Å². The van der Waals surface area contributed by atoms with Gasteiger partial charge >= 0.3 is 0 Å². The van der Waals surface area contributed by atoms with E-state index in [1.54, 1.807) is 0 Å². The lowest BCUT2D eigenvalue weighted by atomic mass is 10.1. The van der Waals surface area contributed by atoms with Crippen LogP contribution in [0.2, 0.25) is 0 Å². The minimum Gasteiger partial charge on any atom is -0.396 e. The van der Waals surface area contributed by atoms with Gasteiger partial charge < -0.3 is 5.73 Å². The molecule has 112 valence electrons. The first-order valence-corrected chi connectivity index (χ1v) is 7.53. The van der Waals surface area contributed by atoms with Gasteiger partial charge in [0.15, 0.2) is 0 Å². The number of halogens is 2. The third kappa shape index (κ3) is 3.13. The molecule has 2 aromatic carbocycles. The molecule has 0 heterocycles. The van der Waals surface area contributed by atoms with Gasteiger partial charge in [0.05, 0.1) is 16.3 Å². The number of nitrogens with one attached hydrogen (secondary N) is 1. The van der Waals surface area contributed by atoms with E-state index in [-0.39, 0.29) is 27.4 Å². The first kappa shape index (κ1) is 15.2. The van der Waals surface area contributed by atoms with Crippen molar-refractivity contribution in [2.75, 3.05) is 10.5 Å². The van der Waals surface area contributed by atoms with E-state index in [0.717, 1.165) is 18.2 Å². The molecular weight excluding hydrogens is 298 g/mol. The Morgan fingerprint density at radius 2 is 1.62 bits per heavy atom. The van der Waals surface area contributed by atoms with Gasteiger partial charge in [-0.2, -0.15) is 0 Å². The summed E-state index contributed by atoms with van der Waals surface area (Å²) in [5, 5.41) is 0. The summed E-state index contributed by atoms with van der Waals surface area (Å²) in [6.45, 7) is 3.01. The van der Waals surface area contributed by atoms with Crippen molar-refractivity contribution in [1.82, 2.24) is 0 Å². The molecule has 0 aromatic heterocycles. The van der Waals surface area contributed by atoms with E-state index in [2.05, 4.69) is 4.72 Å². The zero-order valence-corrected chi connectivity index (χ0v) is 12.3. The van der Waals surface area contributed by atoms with Crippen LogP contribution < -0.4 is 10.5 Å². The highest BCUT2D eigenvalue weighted by Gasteiger charge is 2.20. The van der Waals surface area contributed by atoms with Crippen molar-refractivity contribution in [3.8, 4) is 0 Å². The summed E-state index contributed by atoms with van der Waals surface area (Å²) in [7, 11) is -3.92. The van der Waals surface area contributed by atoms with Crippen molar-refractivity contribution < 1.29 is 17.2 Å². The van der Waals surface area contributed by atoms with Crippen LogP contribution in [-0.2, 0) is 10.0 Å². The number of hydrogen-bond donors (Lipinski definition) is 2. The van der Waals surface area contributed by atoms with Crippen molar-refractivity contribution in [2.24, 2.45) is 0 Å². The van der Waals surface area contributed by atoms with E-state index >= 15 is 0 Å². The minimum atomic E-state index is -3.92. The molecule has 0 fully saturated rings. The van der Waals surface area contributed by atoms with E-state index in [4.69, 9.17) is 5.73 Å². The summed E-state index contributed by atoms with van der Waals surface area (Å²) < 4.78 is 53.4. The highest BCUT2D eigenvalue weighted by atomic mass is 32.2. The lowest BCUT2D eigenvalue weighted by Gasteiger charge is -2.13. The molecule has 3 N–H and O–H groups in total. The molecule has 0 bridgehead atoms. The van der Waals surface area contributed by atoms with E-state index in [9.17, 15) is 17.2 Å². The maximum atomic E-state index is 13.2. The second-order valence-electron chi connectivity index (χ2n) is 4.71. The number of anilines is 2. The van der Waals surface area contributed by atoms with Crippen LogP contribution in [0.3, 0.4) is 0 Å². The Labute approximate surface area is 121 Å². The van der Waals surface area contributed by atoms with Crippen molar-refractivity contribution >= 4 is 21.4 Å². The van der Waals surface area contributed by atoms with Crippen molar-refractivity contribution in [3.05, 3.63) is 53.1 Å².